The first-order valence-electron chi connectivity index (χ1n) is 6.26. The third kappa shape index (κ3) is 4.02. The lowest BCUT2D eigenvalue weighted by molar-refractivity contribution is 0.0607. The Balaban J connectivity index is 2.09. The Labute approximate surface area is 121 Å². The molecule has 0 bridgehead atoms. The van der Waals surface area contributed by atoms with Gasteiger partial charge in [0, 0.05) is 17.9 Å². The van der Waals surface area contributed by atoms with E-state index in [4.69, 9.17) is 11.6 Å². The van der Waals surface area contributed by atoms with Gasteiger partial charge in [-0.1, -0.05) is 29.8 Å². The fourth-order valence-electron chi connectivity index (χ4n) is 2.19. The Morgan fingerprint density at radius 1 is 0.950 bits per heavy atom. The summed E-state index contributed by atoms with van der Waals surface area (Å²) in [6.07, 6.45) is 0.649. The van der Waals surface area contributed by atoms with Crippen LogP contribution in [0, 0.1) is 11.6 Å². The van der Waals surface area contributed by atoms with Crippen molar-refractivity contribution in [3.63, 3.8) is 0 Å². The number of aliphatic hydroxyl groups is 1. The predicted octanol–water partition coefficient (Wildman–Crippen LogP) is 4.15. The molecule has 2 aromatic rings. The number of hydrogen-bond acceptors (Lipinski definition) is 1. The Kier molecular flexibility index (Phi) is 4.41. The molecule has 1 unspecified atom stereocenters. The minimum Gasteiger partial charge on any atom is -0.389 e. The van der Waals surface area contributed by atoms with Crippen molar-refractivity contribution in [2.45, 2.75) is 25.4 Å². The van der Waals surface area contributed by atoms with Crippen LogP contribution in [0.3, 0.4) is 0 Å². The summed E-state index contributed by atoms with van der Waals surface area (Å²) >= 11 is 5.81. The van der Waals surface area contributed by atoms with E-state index >= 15 is 0 Å². The minimum absolute atomic E-state index is 0.243. The minimum atomic E-state index is -1.04. The maximum Gasteiger partial charge on any atom is 0.159 e. The quantitative estimate of drug-likeness (QED) is 0.898. The summed E-state index contributed by atoms with van der Waals surface area (Å²) < 4.78 is 26.0. The van der Waals surface area contributed by atoms with E-state index < -0.39 is 17.2 Å². The average Bonchev–Trinajstić information content (AvgIpc) is 2.36. The lowest BCUT2D eigenvalue weighted by Crippen LogP contribution is -2.30. The Morgan fingerprint density at radius 3 is 2.10 bits per heavy atom. The summed E-state index contributed by atoms with van der Waals surface area (Å²) in [5.74, 6) is -1.78. The zero-order valence-electron chi connectivity index (χ0n) is 11.0. The summed E-state index contributed by atoms with van der Waals surface area (Å²) in [5, 5.41) is 11.0. The second-order valence-corrected chi connectivity index (χ2v) is 5.66. The van der Waals surface area contributed by atoms with Gasteiger partial charge in [-0.2, -0.15) is 0 Å². The highest BCUT2D eigenvalue weighted by atomic mass is 35.5. The van der Waals surface area contributed by atoms with Gasteiger partial charge in [0.1, 0.15) is 0 Å². The highest BCUT2D eigenvalue weighted by molar-refractivity contribution is 6.30. The van der Waals surface area contributed by atoms with Gasteiger partial charge in [-0.05, 0) is 42.3 Å². The molecule has 106 valence electrons. The zero-order valence-corrected chi connectivity index (χ0v) is 11.8. The largest absolute Gasteiger partial charge is 0.389 e. The molecule has 0 aromatic heterocycles. The van der Waals surface area contributed by atoms with Gasteiger partial charge < -0.3 is 5.11 Å². The standard InChI is InChI=1S/C16H15ClF2O/c1-16(20,9-11-2-5-13(17)6-3-11)10-12-4-7-14(18)15(19)8-12/h2-8,20H,9-10H2,1H3. The number of hydrogen-bond donors (Lipinski definition) is 1. The maximum atomic E-state index is 13.2. The van der Waals surface area contributed by atoms with Crippen molar-refractivity contribution < 1.29 is 13.9 Å². The van der Waals surface area contributed by atoms with Crippen LogP contribution in [0.1, 0.15) is 18.1 Å². The van der Waals surface area contributed by atoms with E-state index in [1.807, 2.05) is 12.1 Å². The fraction of sp³-hybridized carbons (Fsp3) is 0.250. The van der Waals surface area contributed by atoms with Gasteiger partial charge in [0.2, 0.25) is 0 Å². The van der Waals surface area contributed by atoms with Gasteiger partial charge in [0.25, 0.3) is 0 Å². The summed E-state index contributed by atoms with van der Waals surface area (Å²) in [5.41, 5.74) is 0.447. The molecule has 0 saturated carbocycles. The van der Waals surface area contributed by atoms with Crippen LogP contribution in [0.4, 0.5) is 8.78 Å². The van der Waals surface area contributed by atoms with Gasteiger partial charge >= 0.3 is 0 Å². The fourth-order valence-corrected chi connectivity index (χ4v) is 2.32. The molecule has 4 heteroatoms. The van der Waals surface area contributed by atoms with Crippen molar-refractivity contribution in [1.29, 1.82) is 0 Å². The molecule has 0 amide bonds. The van der Waals surface area contributed by atoms with Crippen molar-refractivity contribution >= 4 is 11.6 Å². The summed E-state index contributed by atoms with van der Waals surface area (Å²) in [6.45, 7) is 1.67. The van der Waals surface area contributed by atoms with Gasteiger partial charge in [-0.15, -0.1) is 0 Å². The molecule has 1 atom stereocenters. The van der Waals surface area contributed by atoms with E-state index in [9.17, 15) is 13.9 Å². The summed E-state index contributed by atoms with van der Waals surface area (Å²) in [7, 11) is 0. The third-order valence-corrected chi connectivity index (χ3v) is 3.32. The summed E-state index contributed by atoms with van der Waals surface area (Å²) in [6, 6.07) is 10.8. The van der Waals surface area contributed by atoms with Crippen LogP contribution in [0.5, 0.6) is 0 Å². The second kappa shape index (κ2) is 5.90. The first kappa shape index (κ1) is 14.9. The van der Waals surface area contributed by atoms with E-state index in [0.29, 0.717) is 17.0 Å². The van der Waals surface area contributed by atoms with E-state index in [-0.39, 0.29) is 6.42 Å². The van der Waals surface area contributed by atoms with E-state index in [1.165, 1.54) is 6.07 Å². The molecule has 0 heterocycles. The van der Waals surface area contributed by atoms with Crippen LogP contribution in [0.2, 0.25) is 5.02 Å². The van der Waals surface area contributed by atoms with Crippen molar-refractivity contribution in [3.8, 4) is 0 Å². The lowest BCUT2D eigenvalue weighted by Gasteiger charge is -2.23. The SMILES string of the molecule is CC(O)(Cc1ccc(Cl)cc1)Cc1ccc(F)c(F)c1. The van der Waals surface area contributed by atoms with Crippen LogP contribution < -0.4 is 0 Å². The predicted molar refractivity (Wildman–Crippen MR) is 75.8 cm³/mol. The van der Waals surface area contributed by atoms with Crippen LogP contribution in [0.25, 0.3) is 0 Å². The molecule has 1 nitrogen and oxygen atoms in total. The first-order chi connectivity index (χ1) is 9.35. The van der Waals surface area contributed by atoms with Crippen molar-refractivity contribution in [1.82, 2.24) is 0 Å². The van der Waals surface area contributed by atoms with Crippen LogP contribution in [-0.4, -0.2) is 10.7 Å². The molecular weight excluding hydrogens is 282 g/mol. The molecule has 0 spiro atoms. The number of rotatable bonds is 4. The highest BCUT2D eigenvalue weighted by Gasteiger charge is 2.22. The molecule has 20 heavy (non-hydrogen) atoms. The van der Waals surface area contributed by atoms with Gasteiger partial charge in [-0.3, -0.25) is 0 Å². The Bertz CT molecular complexity index is 594. The average molecular weight is 297 g/mol. The smallest absolute Gasteiger partial charge is 0.159 e. The van der Waals surface area contributed by atoms with E-state index in [2.05, 4.69) is 0 Å². The molecule has 2 aromatic carbocycles. The topological polar surface area (TPSA) is 20.2 Å². The normalized spacial score (nSPS) is 14.1. The molecule has 0 saturated heterocycles. The van der Waals surface area contributed by atoms with Crippen LogP contribution in [0.15, 0.2) is 42.5 Å². The highest BCUT2D eigenvalue weighted by Crippen LogP contribution is 2.21. The molecule has 0 aliphatic rings. The summed E-state index contributed by atoms with van der Waals surface area (Å²) in [4.78, 5) is 0. The number of halogens is 3. The van der Waals surface area contributed by atoms with Crippen LogP contribution in [-0.2, 0) is 12.8 Å². The van der Waals surface area contributed by atoms with Crippen molar-refractivity contribution in [2.75, 3.05) is 0 Å². The Hall–Kier alpha value is -1.45. The molecule has 0 radical (unpaired) electrons. The molecule has 0 fully saturated rings. The Morgan fingerprint density at radius 2 is 1.50 bits per heavy atom. The maximum absolute atomic E-state index is 13.2. The van der Waals surface area contributed by atoms with E-state index in [1.54, 1.807) is 19.1 Å². The molecule has 0 aliphatic carbocycles. The molecule has 2 rings (SSSR count). The van der Waals surface area contributed by atoms with Crippen molar-refractivity contribution in [2.24, 2.45) is 0 Å². The van der Waals surface area contributed by atoms with Gasteiger partial charge in [0.05, 0.1) is 5.60 Å². The van der Waals surface area contributed by atoms with Gasteiger partial charge in [-0.25, -0.2) is 8.78 Å². The molecule has 1 N–H and O–H groups in total. The number of benzene rings is 2. The molecular formula is C16H15ClF2O. The molecule has 0 aliphatic heterocycles. The second-order valence-electron chi connectivity index (χ2n) is 5.23. The zero-order chi connectivity index (χ0) is 14.8. The first-order valence-corrected chi connectivity index (χ1v) is 6.64. The van der Waals surface area contributed by atoms with Gasteiger partial charge in [0.15, 0.2) is 11.6 Å². The van der Waals surface area contributed by atoms with E-state index in [0.717, 1.165) is 17.7 Å². The lowest BCUT2D eigenvalue weighted by atomic mass is 9.90. The third-order valence-electron chi connectivity index (χ3n) is 3.07. The van der Waals surface area contributed by atoms with Crippen molar-refractivity contribution in [3.05, 3.63) is 70.2 Å². The van der Waals surface area contributed by atoms with Crippen LogP contribution >= 0.6 is 11.6 Å². The monoisotopic (exact) mass is 296 g/mol.